The molecule has 0 radical (unpaired) electrons. The van der Waals surface area contributed by atoms with Crippen LogP contribution in [0.15, 0.2) is 31.0 Å². The van der Waals surface area contributed by atoms with Crippen LogP contribution in [0.25, 0.3) is 0 Å². The van der Waals surface area contributed by atoms with Crippen LogP contribution in [-0.2, 0) is 11.2 Å². The number of alkyl halides is 3. The van der Waals surface area contributed by atoms with Gasteiger partial charge in [0.2, 0.25) is 5.91 Å². The van der Waals surface area contributed by atoms with Crippen LogP contribution in [0.2, 0.25) is 0 Å². The molecule has 0 saturated heterocycles. The summed E-state index contributed by atoms with van der Waals surface area (Å²) >= 11 is 0. The Morgan fingerprint density at radius 2 is 2.24 bits per heavy atom. The van der Waals surface area contributed by atoms with Crippen molar-refractivity contribution in [2.45, 2.75) is 12.6 Å². The molecule has 0 unspecified atom stereocenters. The van der Waals surface area contributed by atoms with Crippen molar-refractivity contribution in [2.24, 2.45) is 0 Å². The molecule has 0 aliphatic rings. The number of H-pyrrole nitrogens is 1. The Balaban J connectivity index is 2.63. The lowest BCUT2D eigenvalue weighted by molar-refractivity contribution is -0.159. The zero-order valence-corrected chi connectivity index (χ0v) is 9.13. The molecular weight excluding hydrogens is 233 g/mol. The van der Waals surface area contributed by atoms with Gasteiger partial charge in [0, 0.05) is 18.4 Å². The van der Waals surface area contributed by atoms with E-state index in [1.165, 1.54) is 6.08 Å². The Hall–Kier alpha value is -1.72. The zero-order chi connectivity index (χ0) is 12.9. The summed E-state index contributed by atoms with van der Waals surface area (Å²) < 4.78 is 36.7. The molecule has 0 fully saturated rings. The van der Waals surface area contributed by atoms with Crippen LogP contribution in [-0.4, -0.2) is 35.1 Å². The number of carbonyl (C=O) groups is 1. The molecule has 1 N–H and O–H groups in total. The van der Waals surface area contributed by atoms with Crippen LogP contribution < -0.4 is 0 Å². The monoisotopic (exact) mass is 246 g/mol. The van der Waals surface area contributed by atoms with E-state index in [9.17, 15) is 18.0 Å². The number of rotatable bonds is 5. The molecule has 6 heteroatoms. The van der Waals surface area contributed by atoms with Gasteiger partial charge in [-0.05, 0) is 12.1 Å². The highest BCUT2D eigenvalue weighted by Crippen LogP contribution is 2.17. The normalized spacial score (nSPS) is 11.2. The van der Waals surface area contributed by atoms with Crippen molar-refractivity contribution >= 4 is 5.91 Å². The van der Waals surface area contributed by atoms with E-state index < -0.39 is 18.6 Å². The Kier molecular flexibility index (Phi) is 4.37. The van der Waals surface area contributed by atoms with E-state index in [0.717, 1.165) is 4.90 Å². The molecule has 94 valence electrons. The minimum absolute atomic E-state index is 0.0725. The first-order valence-corrected chi connectivity index (χ1v) is 5.00. The molecule has 3 nitrogen and oxygen atoms in total. The molecule has 0 atom stereocenters. The molecule has 1 amide bonds. The number of carbonyl (C=O) groups excluding carboxylic acids is 1. The Bertz CT molecular complexity index is 371. The SMILES string of the molecule is C=CCN(CC(F)(F)F)C(=O)Cc1ccc[nH]1. The van der Waals surface area contributed by atoms with Crippen molar-refractivity contribution in [1.82, 2.24) is 9.88 Å². The fourth-order valence-electron chi connectivity index (χ4n) is 1.38. The van der Waals surface area contributed by atoms with Crippen molar-refractivity contribution < 1.29 is 18.0 Å². The quantitative estimate of drug-likeness (QED) is 0.794. The van der Waals surface area contributed by atoms with Crippen LogP contribution in [0.5, 0.6) is 0 Å². The summed E-state index contributed by atoms with van der Waals surface area (Å²) in [7, 11) is 0. The Labute approximate surface area is 96.9 Å². The number of amides is 1. The van der Waals surface area contributed by atoms with Gasteiger partial charge in [0.05, 0.1) is 6.42 Å². The molecule has 1 aromatic rings. The maximum absolute atomic E-state index is 12.2. The predicted molar refractivity (Wildman–Crippen MR) is 57.3 cm³/mol. The second kappa shape index (κ2) is 5.56. The van der Waals surface area contributed by atoms with E-state index in [4.69, 9.17) is 0 Å². The number of halogens is 3. The Morgan fingerprint density at radius 3 is 2.71 bits per heavy atom. The second-order valence-corrected chi connectivity index (χ2v) is 3.55. The maximum Gasteiger partial charge on any atom is 0.406 e. The second-order valence-electron chi connectivity index (χ2n) is 3.55. The van der Waals surface area contributed by atoms with Crippen LogP contribution in [0.4, 0.5) is 13.2 Å². The van der Waals surface area contributed by atoms with E-state index in [2.05, 4.69) is 11.6 Å². The fourth-order valence-corrected chi connectivity index (χ4v) is 1.38. The number of hydrogen-bond acceptors (Lipinski definition) is 1. The Morgan fingerprint density at radius 1 is 1.53 bits per heavy atom. The third-order valence-corrected chi connectivity index (χ3v) is 2.08. The number of nitrogens with one attached hydrogen (secondary N) is 1. The van der Waals surface area contributed by atoms with E-state index in [-0.39, 0.29) is 13.0 Å². The van der Waals surface area contributed by atoms with Crippen LogP contribution in [0.3, 0.4) is 0 Å². The molecule has 0 saturated carbocycles. The standard InChI is InChI=1S/C11H13F3N2O/c1-2-6-16(8-11(12,13)14)10(17)7-9-4-3-5-15-9/h2-5,15H,1,6-8H2. The average molecular weight is 246 g/mol. The lowest BCUT2D eigenvalue weighted by atomic mass is 10.2. The molecule has 0 bridgehead atoms. The van der Waals surface area contributed by atoms with Crippen molar-refractivity contribution in [2.75, 3.05) is 13.1 Å². The van der Waals surface area contributed by atoms with Gasteiger partial charge < -0.3 is 9.88 Å². The molecular formula is C11H13F3N2O. The van der Waals surface area contributed by atoms with Gasteiger partial charge in [0.15, 0.2) is 0 Å². The van der Waals surface area contributed by atoms with Crippen molar-refractivity contribution in [3.8, 4) is 0 Å². The third-order valence-electron chi connectivity index (χ3n) is 2.08. The molecule has 1 aromatic heterocycles. The summed E-state index contributed by atoms with van der Waals surface area (Å²) in [5.74, 6) is -0.579. The lowest BCUT2D eigenvalue weighted by Crippen LogP contribution is -2.39. The average Bonchev–Trinajstić information content (AvgIpc) is 2.67. The van der Waals surface area contributed by atoms with Gasteiger partial charge in [0.25, 0.3) is 0 Å². The van der Waals surface area contributed by atoms with Crippen molar-refractivity contribution in [1.29, 1.82) is 0 Å². The van der Waals surface area contributed by atoms with Crippen molar-refractivity contribution in [3.05, 3.63) is 36.7 Å². The lowest BCUT2D eigenvalue weighted by Gasteiger charge is -2.22. The van der Waals surface area contributed by atoms with Crippen LogP contribution >= 0.6 is 0 Å². The molecule has 0 aromatic carbocycles. The van der Waals surface area contributed by atoms with Gasteiger partial charge in [-0.2, -0.15) is 13.2 Å². The van der Waals surface area contributed by atoms with Gasteiger partial charge in [-0.15, -0.1) is 6.58 Å². The first-order valence-electron chi connectivity index (χ1n) is 5.00. The van der Waals surface area contributed by atoms with Gasteiger partial charge in [-0.3, -0.25) is 4.79 Å². The molecule has 17 heavy (non-hydrogen) atoms. The summed E-state index contributed by atoms with van der Waals surface area (Å²) in [6, 6.07) is 3.34. The number of aromatic amines is 1. The predicted octanol–water partition coefficient (Wildman–Crippen LogP) is 2.13. The topological polar surface area (TPSA) is 36.1 Å². The highest BCUT2D eigenvalue weighted by molar-refractivity contribution is 5.78. The van der Waals surface area contributed by atoms with Gasteiger partial charge in [-0.25, -0.2) is 0 Å². The number of aromatic nitrogens is 1. The minimum Gasteiger partial charge on any atom is -0.365 e. The van der Waals surface area contributed by atoms with E-state index in [0.29, 0.717) is 5.69 Å². The largest absolute Gasteiger partial charge is 0.406 e. The highest BCUT2D eigenvalue weighted by atomic mass is 19.4. The van der Waals surface area contributed by atoms with E-state index in [1.807, 2.05) is 0 Å². The summed E-state index contributed by atoms with van der Waals surface area (Å²) in [6.45, 7) is 1.98. The van der Waals surface area contributed by atoms with Crippen LogP contribution in [0, 0.1) is 0 Å². The molecule has 0 aliphatic carbocycles. The summed E-state index contributed by atoms with van der Waals surface area (Å²) in [5.41, 5.74) is 0.589. The first kappa shape index (κ1) is 13.3. The molecule has 1 rings (SSSR count). The van der Waals surface area contributed by atoms with E-state index >= 15 is 0 Å². The molecule has 1 heterocycles. The van der Waals surface area contributed by atoms with Crippen LogP contribution in [0.1, 0.15) is 5.69 Å². The van der Waals surface area contributed by atoms with Gasteiger partial charge in [-0.1, -0.05) is 6.08 Å². The number of nitrogens with zero attached hydrogens (tertiary/aromatic N) is 1. The van der Waals surface area contributed by atoms with E-state index in [1.54, 1.807) is 18.3 Å². The summed E-state index contributed by atoms with van der Waals surface area (Å²) in [4.78, 5) is 15.1. The highest BCUT2D eigenvalue weighted by Gasteiger charge is 2.32. The van der Waals surface area contributed by atoms with Crippen molar-refractivity contribution in [3.63, 3.8) is 0 Å². The fraction of sp³-hybridized carbons (Fsp3) is 0.364. The van der Waals surface area contributed by atoms with Gasteiger partial charge in [0.1, 0.15) is 6.54 Å². The zero-order valence-electron chi connectivity index (χ0n) is 9.13. The molecule has 0 spiro atoms. The third kappa shape index (κ3) is 4.76. The smallest absolute Gasteiger partial charge is 0.365 e. The summed E-state index contributed by atoms with van der Waals surface area (Å²) in [5, 5.41) is 0. The summed E-state index contributed by atoms with van der Waals surface area (Å²) in [6.07, 6.45) is -1.58. The molecule has 0 aliphatic heterocycles. The first-order chi connectivity index (χ1) is 7.92. The maximum atomic E-state index is 12.2. The minimum atomic E-state index is -4.39. The van der Waals surface area contributed by atoms with Gasteiger partial charge >= 0.3 is 6.18 Å². The number of hydrogen-bond donors (Lipinski definition) is 1.